The summed E-state index contributed by atoms with van der Waals surface area (Å²) in [5.74, 6) is 1.83. The lowest BCUT2D eigenvalue weighted by Gasteiger charge is -2.14. The molecule has 0 saturated heterocycles. The van der Waals surface area contributed by atoms with Crippen molar-refractivity contribution >= 4 is 76.1 Å². The Morgan fingerprint density at radius 1 is 0.357 bits per heavy atom. The third-order valence-corrected chi connectivity index (χ3v) is 11.2. The van der Waals surface area contributed by atoms with E-state index >= 15 is 0 Å². The maximum atomic E-state index is 6.65. The van der Waals surface area contributed by atoms with Gasteiger partial charge >= 0.3 is 0 Å². The van der Waals surface area contributed by atoms with E-state index in [0.717, 1.165) is 71.4 Å². The Balaban J connectivity index is 1.17. The van der Waals surface area contributed by atoms with Crippen LogP contribution in [0.5, 0.6) is 0 Å². The van der Waals surface area contributed by atoms with Crippen LogP contribution in [0.25, 0.3) is 116 Å². The summed E-state index contributed by atoms with van der Waals surface area (Å²) in [4.78, 5) is 15.6. The minimum absolute atomic E-state index is 0.588. The SMILES string of the molecule is c1ccc(-c2nc(-c3cccc4ccccc34)nc(-c3cc4oc5ccccc5c4c4cc(-n5c6ccccc6c6cc7ccccc7cc65)ccc34)n2)cc1. The summed E-state index contributed by atoms with van der Waals surface area (Å²) in [6.07, 6.45) is 0. The van der Waals surface area contributed by atoms with Gasteiger partial charge in [-0.25, -0.2) is 15.0 Å². The summed E-state index contributed by atoms with van der Waals surface area (Å²) in [5.41, 5.74) is 7.78. The topological polar surface area (TPSA) is 56.7 Å². The number of benzene rings is 9. The van der Waals surface area contributed by atoms with E-state index in [1.807, 2.05) is 42.5 Å². The lowest BCUT2D eigenvalue weighted by atomic mass is 9.97. The summed E-state index contributed by atoms with van der Waals surface area (Å²) in [6, 6.07) is 63.9. The van der Waals surface area contributed by atoms with E-state index in [0.29, 0.717) is 17.5 Å². The molecule has 260 valence electrons. The van der Waals surface area contributed by atoms with Crippen LogP contribution in [0.2, 0.25) is 0 Å². The van der Waals surface area contributed by atoms with Gasteiger partial charge in [0.15, 0.2) is 17.5 Å². The molecule has 0 radical (unpaired) electrons. The van der Waals surface area contributed by atoms with Crippen LogP contribution < -0.4 is 0 Å². The molecule has 5 nitrogen and oxygen atoms in total. The first-order valence-electron chi connectivity index (χ1n) is 18.9. The first-order valence-corrected chi connectivity index (χ1v) is 18.9. The van der Waals surface area contributed by atoms with Gasteiger partial charge < -0.3 is 8.98 Å². The number of hydrogen-bond acceptors (Lipinski definition) is 4. The lowest BCUT2D eigenvalue weighted by molar-refractivity contribution is 0.669. The molecule has 12 rings (SSSR count). The van der Waals surface area contributed by atoms with Crippen molar-refractivity contribution in [1.82, 2.24) is 19.5 Å². The molecular weight excluding hydrogens is 685 g/mol. The Labute approximate surface area is 320 Å². The number of aromatic nitrogens is 4. The molecule has 0 bridgehead atoms. The molecule has 56 heavy (non-hydrogen) atoms. The Kier molecular flexibility index (Phi) is 6.56. The van der Waals surface area contributed by atoms with Crippen LogP contribution in [0, 0.1) is 0 Å². The number of para-hydroxylation sites is 2. The van der Waals surface area contributed by atoms with Crippen LogP contribution in [0.4, 0.5) is 0 Å². The second kappa shape index (κ2) is 11.9. The summed E-state index contributed by atoms with van der Waals surface area (Å²) in [7, 11) is 0. The molecular formula is C51H30N4O. The highest BCUT2D eigenvalue weighted by Crippen LogP contribution is 2.42. The molecule has 0 unspecified atom stereocenters. The number of rotatable bonds is 4. The molecule has 0 amide bonds. The minimum atomic E-state index is 0.588. The van der Waals surface area contributed by atoms with Crippen molar-refractivity contribution in [2.75, 3.05) is 0 Å². The zero-order valence-electron chi connectivity index (χ0n) is 30.0. The fourth-order valence-corrected chi connectivity index (χ4v) is 8.64. The maximum Gasteiger partial charge on any atom is 0.164 e. The molecule has 0 fully saturated rings. The van der Waals surface area contributed by atoms with Gasteiger partial charge in [0.05, 0.1) is 11.0 Å². The van der Waals surface area contributed by atoms with Gasteiger partial charge in [0.2, 0.25) is 0 Å². The molecule has 3 aromatic heterocycles. The fraction of sp³-hybridized carbons (Fsp3) is 0. The summed E-state index contributed by atoms with van der Waals surface area (Å²) in [5, 5.41) is 11.4. The van der Waals surface area contributed by atoms with Gasteiger partial charge in [-0.15, -0.1) is 0 Å². The average molecular weight is 715 g/mol. The van der Waals surface area contributed by atoms with Crippen molar-refractivity contribution in [2.45, 2.75) is 0 Å². The van der Waals surface area contributed by atoms with Crippen molar-refractivity contribution < 1.29 is 4.42 Å². The van der Waals surface area contributed by atoms with Crippen molar-refractivity contribution in [2.24, 2.45) is 0 Å². The lowest BCUT2D eigenvalue weighted by Crippen LogP contribution is -2.01. The number of hydrogen-bond donors (Lipinski definition) is 0. The summed E-state index contributed by atoms with van der Waals surface area (Å²) in [6.45, 7) is 0. The third-order valence-electron chi connectivity index (χ3n) is 11.2. The van der Waals surface area contributed by atoms with E-state index in [-0.39, 0.29) is 0 Å². The monoisotopic (exact) mass is 714 g/mol. The molecule has 0 atom stereocenters. The molecule has 5 heteroatoms. The van der Waals surface area contributed by atoms with Crippen molar-refractivity contribution in [3.05, 3.63) is 182 Å². The zero-order valence-corrected chi connectivity index (χ0v) is 30.0. The van der Waals surface area contributed by atoms with E-state index in [2.05, 4.69) is 144 Å². The molecule has 0 aliphatic carbocycles. The smallest absolute Gasteiger partial charge is 0.164 e. The van der Waals surface area contributed by atoms with Crippen LogP contribution >= 0.6 is 0 Å². The highest BCUT2D eigenvalue weighted by Gasteiger charge is 2.21. The Morgan fingerprint density at radius 2 is 1.02 bits per heavy atom. The third kappa shape index (κ3) is 4.64. The van der Waals surface area contributed by atoms with Crippen molar-refractivity contribution in [1.29, 1.82) is 0 Å². The molecule has 0 aliphatic rings. The van der Waals surface area contributed by atoms with Crippen LogP contribution in [0.3, 0.4) is 0 Å². The predicted molar refractivity (Wildman–Crippen MR) is 230 cm³/mol. The Bertz CT molecular complexity index is 3540. The van der Waals surface area contributed by atoms with E-state index in [4.69, 9.17) is 19.4 Å². The van der Waals surface area contributed by atoms with Crippen LogP contribution in [0.1, 0.15) is 0 Å². The van der Waals surface area contributed by atoms with Crippen LogP contribution in [-0.2, 0) is 0 Å². The molecule has 3 heterocycles. The van der Waals surface area contributed by atoms with E-state index < -0.39 is 0 Å². The summed E-state index contributed by atoms with van der Waals surface area (Å²) >= 11 is 0. The highest BCUT2D eigenvalue weighted by atomic mass is 16.3. The Hall–Kier alpha value is -7.63. The quantitative estimate of drug-likeness (QED) is 0.182. The van der Waals surface area contributed by atoms with Gasteiger partial charge in [-0.2, -0.15) is 0 Å². The average Bonchev–Trinajstić information content (AvgIpc) is 3.80. The molecule has 0 aliphatic heterocycles. The predicted octanol–water partition coefficient (Wildman–Crippen LogP) is 13.3. The maximum absolute atomic E-state index is 6.65. The van der Waals surface area contributed by atoms with Gasteiger partial charge in [-0.05, 0) is 74.8 Å². The van der Waals surface area contributed by atoms with Crippen molar-refractivity contribution in [3.8, 4) is 39.9 Å². The van der Waals surface area contributed by atoms with Gasteiger partial charge in [0.25, 0.3) is 0 Å². The number of nitrogens with zero attached hydrogens (tertiary/aromatic N) is 4. The van der Waals surface area contributed by atoms with Gasteiger partial charge in [-0.1, -0.05) is 140 Å². The molecule has 0 N–H and O–H groups in total. The first-order chi connectivity index (χ1) is 27.7. The zero-order chi connectivity index (χ0) is 36.7. The second-order valence-corrected chi connectivity index (χ2v) is 14.4. The molecule has 0 saturated carbocycles. The fourth-order valence-electron chi connectivity index (χ4n) is 8.64. The minimum Gasteiger partial charge on any atom is -0.456 e. The van der Waals surface area contributed by atoms with Crippen molar-refractivity contribution in [3.63, 3.8) is 0 Å². The largest absolute Gasteiger partial charge is 0.456 e. The Morgan fingerprint density at radius 3 is 1.88 bits per heavy atom. The standard InChI is InChI=1S/C51H30N4O/c1-2-14-32(15-3-1)49-52-50(39-22-12-18-31-13-6-7-19-36(31)39)54-51(53-49)43-30-47-48(40-21-9-11-24-46(40)56-47)42-29-35(25-26-37(42)43)55-44-23-10-8-20-38(44)41-27-33-16-4-5-17-34(33)28-45(41)55/h1-30H. The molecule has 12 aromatic rings. The van der Waals surface area contributed by atoms with E-state index in [1.165, 1.54) is 27.1 Å². The first kappa shape index (κ1) is 30.8. The number of fused-ring (bicyclic) bond motifs is 10. The van der Waals surface area contributed by atoms with E-state index in [1.54, 1.807) is 0 Å². The van der Waals surface area contributed by atoms with Gasteiger partial charge in [0, 0.05) is 43.9 Å². The number of furan rings is 1. The second-order valence-electron chi connectivity index (χ2n) is 14.4. The molecule has 0 spiro atoms. The highest BCUT2D eigenvalue weighted by molar-refractivity contribution is 6.22. The van der Waals surface area contributed by atoms with Gasteiger partial charge in [0.1, 0.15) is 11.2 Å². The van der Waals surface area contributed by atoms with Crippen LogP contribution in [0.15, 0.2) is 186 Å². The molecule has 9 aromatic carbocycles. The van der Waals surface area contributed by atoms with E-state index in [9.17, 15) is 0 Å². The van der Waals surface area contributed by atoms with Crippen LogP contribution in [-0.4, -0.2) is 19.5 Å². The summed E-state index contributed by atoms with van der Waals surface area (Å²) < 4.78 is 9.05. The normalized spacial score (nSPS) is 11.9. The van der Waals surface area contributed by atoms with Gasteiger partial charge in [-0.3, -0.25) is 0 Å².